The van der Waals surface area contributed by atoms with Gasteiger partial charge in [0.1, 0.15) is 5.78 Å². The van der Waals surface area contributed by atoms with E-state index in [0.29, 0.717) is 18.1 Å². The van der Waals surface area contributed by atoms with Crippen LogP contribution in [-0.4, -0.2) is 20.0 Å². The molecule has 0 radical (unpaired) electrons. The van der Waals surface area contributed by atoms with E-state index in [4.69, 9.17) is 9.47 Å². The van der Waals surface area contributed by atoms with Crippen LogP contribution in [0.1, 0.15) is 29.9 Å². The first-order valence-electron chi connectivity index (χ1n) is 6.00. The largest absolute Gasteiger partial charge is 0.493 e. The lowest BCUT2D eigenvalue weighted by Crippen LogP contribution is -2.14. The molecule has 1 aromatic rings. The predicted octanol–water partition coefficient (Wildman–Crippen LogP) is 2.32. The Kier molecular flexibility index (Phi) is 2.35. The number of carbonyl (C=O) groups is 1. The summed E-state index contributed by atoms with van der Waals surface area (Å²) in [5.74, 6) is 2.59. The van der Waals surface area contributed by atoms with Crippen LogP contribution in [0, 0.1) is 5.92 Å². The number of rotatable bonds is 2. The highest BCUT2D eigenvalue weighted by Crippen LogP contribution is 2.47. The molecule has 2 atom stereocenters. The fourth-order valence-electron chi connectivity index (χ4n) is 3.16. The quantitative estimate of drug-likeness (QED) is 0.785. The number of methoxy groups -OCH3 is 2. The lowest BCUT2D eigenvalue weighted by Gasteiger charge is -2.23. The third-order valence-corrected chi connectivity index (χ3v) is 4.02. The number of Topliss-reactive ketones (excluding diaryl/α,β-unsaturated/α-hetero) is 1. The molecule has 2 aliphatic carbocycles. The molecule has 0 N–H and O–H groups in total. The number of ether oxygens (including phenoxy) is 2. The highest BCUT2D eigenvalue weighted by atomic mass is 16.5. The van der Waals surface area contributed by atoms with Crippen molar-refractivity contribution in [3.63, 3.8) is 0 Å². The van der Waals surface area contributed by atoms with Crippen molar-refractivity contribution in [1.82, 2.24) is 0 Å². The van der Waals surface area contributed by atoms with Crippen molar-refractivity contribution in [1.29, 1.82) is 0 Å². The molecule has 1 aromatic carbocycles. The first-order chi connectivity index (χ1) is 8.22. The van der Waals surface area contributed by atoms with Crippen LogP contribution in [0.4, 0.5) is 0 Å². The average Bonchev–Trinajstić information content (AvgIpc) is 2.65. The van der Waals surface area contributed by atoms with Crippen molar-refractivity contribution in [3.8, 4) is 11.5 Å². The molecule has 1 saturated carbocycles. The Morgan fingerprint density at radius 2 is 1.76 bits per heavy atom. The van der Waals surface area contributed by atoms with E-state index >= 15 is 0 Å². The van der Waals surface area contributed by atoms with Crippen molar-refractivity contribution in [2.45, 2.75) is 25.2 Å². The van der Waals surface area contributed by atoms with Crippen LogP contribution in [0.2, 0.25) is 0 Å². The van der Waals surface area contributed by atoms with E-state index in [1.807, 2.05) is 12.1 Å². The molecule has 0 heterocycles. The molecular formula is C14H16O3. The zero-order valence-corrected chi connectivity index (χ0v) is 10.2. The number of benzene rings is 1. The van der Waals surface area contributed by atoms with Crippen molar-refractivity contribution in [2.75, 3.05) is 14.2 Å². The average molecular weight is 232 g/mol. The highest BCUT2D eigenvalue weighted by Gasteiger charge is 2.39. The summed E-state index contributed by atoms with van der Waals surface area (Å²) in [7, 11) is 3.29. The summed E-state index contributed by atoms with van der Waals surface area (Å²) >= 11 is 0. The molecular weight excluding hydrogens is 216 g/mol. The Hall–Kier alpha value is -1.51. The summed E-state index contributed by atoms with van der Waals surface area (Å²) in [6, 6.07) is 4.08. The third-order valence-electron chi connectivity index (χ3n) is 4.02. The standard InChI is InChI=1S/C14H16O3/c1-16-13-6-9-4-10-3-8(5-12(10)15)11(9)7-14(13)17-2/h6-8,10H,3-5H2,1-2H3. The summed E-state index contributed by atoms with van der Waals surface area (Å²) in [6.45, 7) is 0. The van der Waals surface area contributed by atoms with Gasteiger partial charge in [0.25, 0.3) is 0 Å². The van der Waals surface area contributed by atoms with Crippen molar-refractivity contribution >= 4 is 5.78 Å². The van der Waals surface area contributed by atoms with Crippen LogP contribution in [0.25, 0.3) is 0 Å². The zero-order valence-electron chi connectivity index (χ0n) is 10.2. The SMILES string of the molecule is COc1cc2c(cc1OC)C1CC(=O)C(C2)C1. The number of carbonyl (C=O) groups excluding carboxylic acids is 1. The third kappa shape index (κ3) is 1.53. The van der Waals surface area contributed by atoms with E-state index in [0.717, 1.165) is 24.3 Å². The number of hydrogen-bond acceptors (Lipinski definition) is 3. The summed E-state index contributed by atoms with van der Waals surface area (Å²) in [6.07, 6.45) is 2.58. The van der Waals surface area contributed by atoms with Crippen LogP contribution in [-0.2, 0) is 11.2 Å². The van der Waals surface area contributed by atoms with Gasteiger partial charge in [0.2, 0.25) is 0 Å². The summed E-state index contributed by atoms with van der Waals surface area (Å²) < 4.78 is 10.6. The van der Waals surface area contributed by atoms with E-state index in [2.05, 4.69) is 0 Å². The smallest absolute Gasteiger partial charge is 0.161 e. The molecule has 2 aliphatic rings. The van der Waals surface area contributed by atoms with Crippen LogP contribution < -0.4 is 9.47 Å². The van der Waals surface area contributed by atoms with Crippen LogP contribution in [0.5, 0.6) is 11.5 Å². The van der Waals surface area contributed by atoms with Gasteiger partial charge in [-0.1, -0.05) is 0 Å². The topological polar surface area (TPSA) is 35.5 Å². The van der Waals surface area contributed by atoms with Crippen molar-refractivity contribution < 1.29 is 14.3 Å². The Morgan fingerprint density at radius 3 is 2.47 bits per heavy atom. The normalized spacial score (nSPS) is 25.6. The summed E-state index contributed by atoms with van der Waals surface area (Å²) in [5.41, 5.74) is 2.54. The fraction of sp³-hybridized carbons (Fsp3) is 0.500. The minimum Gasteiger partial charge on any atom is -0.493 e. The van der Waals surface area contributed by atoms with Gasteiger partial charge in [-0.25, -0.2) is 0 Å². The first kappa shape index (κ1) is 10.6. The van der Waals surface area contributed by atoms with E-state index in [1.54, 1.807) is 14.2 Å². The molecule has 0 saturated heterocycles. The van der Waals surface area contributed by atoms with Gasteiger partial charge in [-0.3, -0.25) is 4.79 Å². The molecule has 3 nitrogen and oxygen atoms in total. The maximum atomic E-state index is 11.8. The molecule has 2 unspecified atom stereocenters. The molecule has 90 valence electrons. The Morgan fingerprint density at radius 1 is 1.06 bits per heavy atom. The van der Waals surface area contributed by atoms with Gasteiger partial charge in [-0.2, -0.15) is 0 Å². The van der Waals surface area contributed by atoms with Crippen LogP contribution in [0.15, 0.2) is 12.1 Å². The van der Waals surface area contributed by atoms with Crippen LogP contribution >= 0.6 is 0 Å². The van der Waals surface area contributed by atoms with Gasteiger partial charge >= 0.3 is 0 Å². The fourth-order valence-corrected chi connectivity index (χ4v) is 3.16. The summed E-state index contributed by atoms with van der Waals surface area (Å²) in [4.78, 5) is 11.8. The highest BCUT2D eigenvalue weighted by molar-refractivity contribution is 5.86. The first-order valence-corrected chi connectivity index (χ1v) is 6.00. The molecule has 3 rings (SSSR count). The minimum atomic E-state index is 0.241. The molecule has 0 aromatic heterocycles. The molecule has 2 bridgehead atoms. The molecule has 0 amide bonds. The van der Waals surface area contributed by atoms with Crippen molar-refractivity contribution in [3.05, 3.63) is 23.3 Å². The van der Waals surface area contributed by atoms with Gasteiger partial charge in [0, 0.05) is 12.3 Å². The maximum absolute atomic E-state index is 11.8. The van der Waals surface area contributed by atoms with Crippen LogP contribution in [0.3, 0.4) is 0 Å². The molecule has 1 fully saturated rings. The monoisotopic (exact) mass is 232 g/mol. The second-order valence-electron chi connectivity index (χ2n) is 4.91. The second kappa shape index (κ2) is 3.76. The van der Waals surface area contributed by atoms with Gasteiger partial charge in [-0.15, -0.1) is 0 Å². The molecule has 3 heteroatoms. The number of ketones is 1. The molecule has 17 heavy (non-hydrogen) atoms. The van der Waals surface area contributed by atoms with Gasteiger partial charge in [0.05, 0.1) is 14.2 Å². The Labute approximate surface area is 101 Å². The van der Waals surface area contributed by atoms with Crippen molar-refractivity contribution in [2.24, 2.45) is 5.92 Å². The zero-order chi connectivity index (χ0) is 12.0. The van der Waals surface area contributed by atoms with Gasteiger partial charge in [0.15, 0.2) is 11.5 Å². The summed E-state index contributed by atoms with van der Waals surface area (Å²) in [5, 5.41) is 0. The minimum absolute atomic E-state index is 0.241. The maximum Gasteiger partial charge on any atom is 0.161 e. The lowest BCUT2D eigenvalue weighted by molar-refractivity contribution is -0.120. The van der Waals surface area contributed by atoms with E-state index in [1.165, 1.54) is 11.1 Å². The Balaban J connectivity index is 2.09. The van der Waals surface area contributed by atoms with Gasteiger partial charge < -0.3 is 9.47 Å². The van der Waals surface area contributed by atoms with E-state index < -0.39 is 0 Å². The lowest BCUT2D eigenvalue weighted by atomic mass is 9.82. The van der Waals surface area contributed by atoms with E-state index in [-0.39, 0.29) is 5.92 Å². The molecule has 0 aliphatic heterocycles. The Bertz CT molecular complexity index is 479. The van der Waals surface area contributed by atoms with E-state index in [9.17, 15) is 4.79 Å². The van der Waals surface area contributed by atoms with Gasteiger partial charge in [-0.05, 0) is 42.0 Å². The number of hydrogen-bond donors (Lipinski definition) is 0. The second-order valence-corrected chi connectivity index (χ2v) is 4.91. The predicted molar refractivity (Wildman–Crippen MR) is 63.7 cm³/mol. The number of fused-ring (bicyclic) bond motifs is 4. The molecule has 0 spiro atoms.